The first-order valence-corrected chi connectivity index (χ1v) is 7.72. The van der Waals surface area contributed by atoms with Gasteiger partial charge in [-0.3, -0.25) is 4.79 Å². The van der Waals surface area contributed by atoms with E-state index in [-0.39, 0.29) is 18.4 Å². The molecular weight excluding hydrogens is 318 g/mol. The average Bonchev–Trinajstić information content (AvgIpc) is 2.59. The highest BCUT2D eigenvalue weighted by Gasteiger charge is 2.24. The van der Waals surface area contributed by atoms with Crippen LogP contribution in [0.3, 0.4) is 0 Å². The topological polar surface area (TPSA) is 67.8 Å². The van der Waals surface area contributed by atoms with E-state index in [4.69, 9.17) is 21.1 Å². The number of ether oxygens (including phenoxy) is 2. The van der Waals surface area contributed by atoms with E-state index < -0.39 is 6.10 Å². The molecule has 0 bridgehead atoms. The van der Waals surface area contributed by atoms with Crippen molar-refractivity contribution >= 4 is 23.2 Å². The van der Waals surface area contributed by atoms with E-state index in [9.17, 15) is 9.90 Å². The number of hydrogen-bond acceptors (Lipinski definition) is 4. The number of benzene rings is 2. The number of rotatable bonds is 5. The first-order valence-electron chi connectivity index (χ1n) is 7.18. The van der Waals surface area contributed by atoms with Gasteiger partial charge in [-0.2, -0.15) is 0 Å². The summed E-state index contributed by atoms with van der Waals surface area (Å²) in [5.74, 6) is 0.734. The maximum Gasteiger partial charge on any atom is 0.262 e. The van der Waals surface area contributed by atoms with Crippen molar-refractivity contribution in [2.75, 3.05) is 17.8 Å². The number of carbonyl (C=O) groups is 1. The SMILES string of the molecule is O=C1COc2c(cc(OCc3ccccc3)cc2[C@H](O)CCl)N1. The molecule has 120 valence electrons. The molecule has 6 heteroatoms. The third kappa shape index (κ3) is 3.57. The van der Waals surface area contributed by atoms with Crippen LogP contribution in [-0.4, -0.2) is 23.5 Å². The summed E-state index contributed by atoms with van der Waals surface area (Å²) in [5.41, 5.74) is 2.00. The fourth-order valence-electron chi connectivity index (χ4n) is 2.36. The Kier molecular flexibility index (Phi) is 4.69. The molecule has 0 fully saturated rings. The largest absolute Gasteiger partial charge is 0.489 e. The summed E-state index contributed by atoms with van der Waals surface area (Å²) in [5, 5.41) is 12.8. The molecule has 1 amide bonds. The Morgan fingerprint density at radius 2 is 2.09 bits per heavy atom. The summed E-state index contributed by atoms with van der Waals surface area (Å²) < 4.78 is 11.2. The minimum Gasteiger partial charge on any atom is -0.489 e. The van der Waals surface area contributed by atoms with Gasteiger partial charge in [0.15, 0.2) is 6.61 Å². The van der Waals surface area contributed by atoms with E-state index >= 15 is 0 Å². The second-order valence-corrected chi connectivity index (χ2v) is 5.48. The number of aliphatic hydroxyl groups excluding tert-OH is 1. The number of alkyl halides is 1. The first-order chi connectivity index (χ1) is 11.2. The number of anilines is 1. The molecule has 1 aliphatic rings. The smallest absolute Gasteiger partial charge is 0.262 e. The minimum atomic E-state index is -0.902. The van der Waals surface area contributed by atoms with Crippen LogP contribution < -0.4 is 14.8 Å². The van der Waals surface area contributed by atoms with Gasteiger partial charge in [-0.1, -0.05) is 30.3 Å². The van der Waals surface area contributed by atoms with Crippen molar-refractivity contribution in [2.45, 2.75) is 12.7 Å². The predicted octanol–water partition coefficient (Wildman–Crippen LogP) is 2.87. The maximum absolute atomic E-state index is 11.5. The number of carbonyl (C=O) groups excluding carboxylic acids is 1. The highest BCUT2D eigenvalue weighted by atomic mass is 35.5. The van der Waals surface area contributed by atoms with Gasteiger partial charge in [0.1, 0.15) is 18.1 Å². The predicted molar refractivity (Wildman–Crippen MR) is 87.0 cm³/mol. The van der Waals surface area contributed by atoms with Gasteiger partial charge in [0.25, 0.3) is 5.91 Å². The van der Waals surface area contributed by atoms with Gasteiger partial charge in [0.05, 0.1) is 17.7 Å². The number of hydrogen-bond donors (Lipinski definition) is 2. The summed E-state index contributed by atoms with van der Waals surface area (Å²) in [6, 6.07) is 13.1. The highest BCUT2D eigenvalue weighted by molar-refractivity contribution is 6.18. The molecule has 1 aliphatic heterocycles. The Balaban J connectivity index is 1.88. The van der Waals surface area contributed by atoms with Crippen LogP contribution in [0.5, 0.6) is 11.5 Å². The Morgan fingerprint density at radius 1 is 1.30 bits per heavy atom. The van der Waals surface area contributed by atoms with Crippen molar-refractivity contribution in [3.05, 3.63) is 53.6 Å². The summed E-state index contributed by atoms with van der Waals surface area (Å²) in [6.45, 7) is 0.296. The van der Waals surface area contributed by atoms with E-state index in [1.54, 1.807) is 12.1 Å². The quantitative estimate of drug-likeness (QED) is 0.826. The Bertz CT molecular complexity index is 705. The van der Waals surface area contributed by atoms with Crippen LogP contribution in [0.2, 0.25) is 0 Å². The normalized spacial score (nSPS) is 14.4. The lowest BCUT2D eigenvalue weighted by Gasteiger charge is -2.23. The van der Waals surface area contributed by atoms with Crippen molar-refractivity contribution in [3.63, 3.8) is 0 Å². The molecule has 3 rings (SSSR count). The zero-order valence-corrected chi connectivity index (χ0v) is 13.0. The van der Waals surface area contributed by atoms with E-state index in [0.717, 1.165) is 5.56 Å². The molecule has 0 saturated carbocycles. The standard InChI is InChI=1S/C17H16ClNO4/c18-8-15(20)13-6-12(22-9-11-4-2-1-3-5-11)7-14-17(13)23-10-16(21)19-14/h1-7,15,20H,8-10H2,(H,19,21)/t15-/m1/s1. The summed E-state index contributed by atoms with van der Waals surface area (Å²) in [6.07, 6.45) is -0.902. The number of halogens is 1. The molecular formula is C17H16ClNO4. The fraction of sp³-hybridized carbons (Fsp3) is 0.235. The molecule has 23 heavy (non-hydrogen) atoms. The lowest BCUT2D eigenvalue weighted by Crippen LogP contribution is -2.26. The molecule has 0 aliphatic carbocycles. The molecule has 0 radical (unpaired) electrons. The molecule has 1 heterocycles. The van der Waals surface area contributed by atoms with Crippen molar-refractivity contribution < 1.29 is 19.4 Å². The van der Waals surface area contributed by atoms with Crippen molar-refractivity contribution in [1.29, 1.82) is 0 Å². The lowest BCUT2D eigenvalue weighted by molar-refractivity contribution is -0.118. The average molecular weight is 334 g/mol. The van der Waals surface area contributed by atoms with E-state index in [0.29, 0.717) is 29.4 Å². The Morgan fingerprint density at radius 3 is 2.83 bits per heavy atom. The van der Waals surface area contributed by atoms with Crippen molar-refractivity contribution in [1.82, 2.24) is 0 Å². The molecule has 0 aromatic heterocycles. The van der Waals surface area contributed by atoms with Crippen LogP contribution in [0.1, 0.15) is 17.2 Å². The zero-order valence-electron chi connectivity index (χ0n) is 12.3. The minimum absolute atomic E-state index is 0.0197. The Hall–Kier alpha value is -2.24. The molecule has 1 atom stereocenters. The van der Waals surface area contributed by atoms with Gasteiger partial charge in [0, 0.05) is 11.6 Å². The second-order valence-electron chi connectivity index (χ2n) is 5.17. The maximum atomic E-state index is 11.5. The van der Waals surface area contributed by atoms with E-state index in [1.165, 1.54) is 0 Å². The van der Waals surface area contributed by atoms with Gasteiger partial charge >= 0.3 is 0 Å². The number of amides is 1. The van der Waals surface area contributed by atoms with Gasteiger partial charge in [0.2, 0.25) is 0 Å². The van der Waals surface area contributed by atoms with Crippen LogP contribution in [0, 0.1) is 0 Å². The third-order valence-electron chi connectivity index (χ3n) is 3.47. The summed E-state index contributed by atoms with van der Waals surface area (Å²) in [4.78, 5) is 11.5. The summed E-state index contributed by atoms with van der Waals surface area (Å²) >= 11 is 5.75. The van der Waals surface area contributed by atoms with Crippen LogP contribution in [-0.2, 0) is 11.4 Å². The molecule has 2 N–H and O–H groups in total. The van der Waals surface area contributed by atoms with Crippen LogP contribution in [0.15, 0.2) is 42.5 Å². The Labute approximate surface area is 138 Å². The monoisotopic (exact) mass is 333 g/mol. The molecule has 0 spiro atoms. The van der Waals surface area contributed by atoms with Crippen molar-refractivity contribution in [2.24, 2.45) is 0 Å². The van der Waals surface area contributed by atoms with Gasteiger partial charge in [-0.25, -0.2) is 0 Å². The van der Waals surface area contributed by atoms with E-state index in [2.05, 4.69) is 5.32 Å². The molecule has 0 saturated heterocycles. The third-order valence-corrected chi connectivity index (χ3v) is 3.76. The highest BCUT2D eigenvalue weighted by Crippen LogP contribution is 2.39. The number of aliphatic hydroxyl groups is 1. The summed E-state index contributed by atoms with van der Waals surface area (Å²) in [7, 11) is 0. The molecule has 2 aromatic carbocycles. The molecule has 5 nitrogen and oxygen atoms in total. The second kappa shape index (κ2) is 6.89. The number of fused-ring (bicyclic) bond motifs is 1. The fourth-order valence-corrected chi connectivity index (χ4v) is 2.52. The van der Waals surface area contributed by atoms with Gasteiger partial charge in [-0.15, -0.1) is 11.6 Å². The number of nitrogens with one attached hydrogen (secondary N) is 1. The van der Waals surface area contributed by atoms with E-state index in [1.807, 2.05) is 30.3 Å². The molecule has 2 aromatic rings. The van der Waals surface area contributed by atoms with Crippen molar-refractivity contribution in [3.8, 4) is 11.5 Å². The van der Waals surface area contributed by atoms with Crippen LogP contribution >= 0.6 is 11.6 Å². The van der Waals surface area contributed by atoms with Gasteiger partial charge < -0.3 is 19.9 Å². The zero-order chi connectivity index (χ0) is 16.2. The van der Waals surface area contributed by atoms with Gasteiger partial charge in [-0.05, 0) is 11.6 Å². The lowest BCUT2D eigenvalue weighted by atomic mass is 10.1. The molecule has 0 unspecified atom stereocenters. The van der Waals surface area contributed by atoms with Crippen LogP contribution in [0.25, 0.3) is 0 Å². The first kappa shape index (κ1) is 15.6. The van der Waals surface area contributed by atoms with Crippen LogP contribution in [0.4, 0.5) is 5.69 Å².